The maximum absolute atomic E-state index is 13.1. The quantitative estimate of drug-likeness (QED) is 0.0247. The highest BCUT2D eigenvalue weighted by Crippen LogP contribution is 2.17. The van der Waals surface area contributed by atoms with Crippen LogP contribution in [0.3, 0.4) is 0 Å². The van der Waals surface area contributed by atoms with Crippen LogP contribution >= 0.6 is 0 Å². The molecular formula is C51H93NO5. The number of hydrogen-bond acceptors (Lipinski definition) is 5. The summed E-state index contributed by atoms with van der Waals surface area (Å²) in [6.45, 7) is 6.32. The normalized spacial score (nSPS) is 13.7. The molecule has 0 spiro atoms. The fraction of sp³-hybridized carbons (Fsp3) is 0.804. The van der Waals surface area contributed by atoms with E-state index in [2.05, 4.69) is 62.5 Å². The van der Waals surface area contributed by atoms with Crippen LogP contribution in [0.25, 0.3) is 0 Å². The third kappa shape index (κ3) is 40.4. The summed E-state index contributed by atoms with van der Waals surface area (Å²) in [4.78, 5) is 26.0. The number of hydrogen-bond donors (Lipinski definition) is 3. The molecule has 0 aliphatic rings. The minimum Gasteiger partial charge on any atom is -0.462 e. The van der Waals surface area contributed by atoms with Crippen molar-refractivity contribution in [1.82, 2.24) is 5.32 Å². The van der Waals surface area contributed by atoms with Crippen LogP contribution in [0.15, 0.2) is 48.6 Å². The smallest absolute Gasteiger partial charge is 0.306 e. The molecule has 0 radical (unpaired) electrons. The molecule has 3 atom stereocenters. The number of carbonyl (C=O) groups is 2. The van der Waals surface area contributed by atoms with Gasteiger partial charge < -0.3 is 20.3 Å². The maximum Gasteiger partial charge on any atom is 0.306 e. The van der Waals surface area contributed by atoms with Crippen LogP contribution in [0, 0.1) is 0 Å². The van der Waals surface area contributed by atoms with Gasteiger partial charge in [0.15, 0.2) is 0 Å². The van der Waals surface area contributed by atoms with Crippen LogP contribution in [0.4, 0.5) is 0 Å². The Morgan fingerprint density at radius 2 is 0.965 bits per heavy atom. The summed E-state index contributed by atoms with van der Waals surface area (Å²) in [6, 6.07) is -0.712. The Hall–Kier alpha value is -2.18. The lowest BCUT2D eigenvalue weighted by Gasteiger charge is -2.24. The number of aliphatic hydroxyl groups excluding tert-OH is 2. The van der Waals surface area contributed by atoms with Crippen molar-refractivity contribution in [3.05, 3.63) is 48.6 Å². The zero-order valence-electron chi connectivity index (χ0n) is 37.7. The first-order valence-corrected chi connectivity index (χ1v) is 24.4. The monoisotopic (exact) mass is 800 g/mol. The van der Waals surface area contributed by atoms with Gasteiger partial charge in [0.05, 0.1) is 25.2 Å². The molecule has 1 amide bonds. The summed E-state index contributed by atoms with van der Waals surface area (Å²) in [5, 5.41) is 23.6. The zero-order chi connectivity index (χ0) is 41.7. The molecule has 3 unspecified atom stereocenters. The van der Waals surface area contributed by atoms with Crippen molar-refractivity contribution >= 4 is 11.9 Å². The first kappa shape index (κ1) is 54.8. The van der Waals surface area contributed by atoms with Gasteiger partial charge in [-0.3, -0.25) is 9.59 Å². The number of carbonyl (C=O) groups excluding carboxylic acids is 2. The van der Waals surface area contributed by atoms with E-state index < -0.39 is 18.2 Å². The summed E-state index contributed by atoms with van der Waals surface area (Å²) in [7, 11) is 0. The molecule has 6 heteroatoms. The third-order valence-electron chi connectivity index (χ3n) is 11.0. The van der Waals surface area contributed by atoms with Gasteiger partial charge in [0.25, 0.3) is 0 Å². The van der Waals surface area contributed by atoms with E-state index in [-0.39, 0.29) is 24.9 Å². The van der Waals surface area contributed by atoms with Crippen molar-refractivity contribution < 1.29 is 24.5 Å². The first-order chi connectivity index (χ1) is 28.0. The Labute approximate surface area is 353 Å². The number of allylic oxidation sites excluding steroid dienone is 8. The molecule has 332 valence electrons. The molecule has 57 heavy (non-hydrogen) atoms. The molecule has 0 saturated heterocycles. The van der Waals surface area contributed by atoms with Crippen molar-refractivity contribution in [1.29, 1.82) is 0 Å². The number of unbranched alkanes of at least 4 members (excludes halogenated alkanes) is 25. The van der Waals surface area contributed by atoms with Gasteiger partial charge >= 0.3 is 5.97 Å². The van der Waals surface area contributed by atoms with E-state index in [0.717, 1.165) is 77.0 Å². The molecule has 6 nitrogen and oxygen atoms in total. The number of esters is 1. The van der Waals surface area contributed by atoms with Crippen molar-refractivity contribution in [2.75, 3.05) is 6.61 Å². The van der Waals surface area contributed by atoms with E-state index >= 15 is 0 Å². The Kier molecular flexibility index (Phi) is 43.2. The molecule has 0 aliphatic heterocycles. The lowest BCUT2D eigenvalue weighted by molar-refractivity contribution is -0.151. The van der Waals surface area contributed by atoms with Gasteiger partial charge in [0.2, 0.25) is 5.91 Å². The molecule has 0 fully saturated rings. The first-order valence-electron chi connectivity index (χ1n) is 24.4. The summed E-state index contributed by atoms with van der Waals surface area (Å²) in [5.41, 5.74) is 0. The van der Waals surface area contributed by atoms with E-state index in [1.54, 1.807) is 0 Å². The van der Waals surface area contributed by atoms with Gasteiger partial charge in [-0.1, -0.05) is 204 Å². The maximum atomic E-state index is 13.1. The Balaban J connectivity index is 4.58. The van der Waals surface area contributed by atoms with Crippen molar-refractivity contribution in [2.45, 2.75) is 257 Å². The second kappa shape index (κ2) is 44.9. The highest BCUT2D eigenvalue weighted by molar-refractivity contribution is 5.77. The van der Waals surface area contributed by atoms with E-state index in [1.165, 1.54) is 116 Å². The molecule has 0 bridgehead atoms. The van der Waals surface area contributed by atoms with Crippen molar-refractivity contribution in [3.63, 3.8) is 0 Å². The second-order valence-electron chi connectivity index (χ2n) is 16.5. The number of nitrogens with one attached hydrogen (secondary N) is 1. The molecule has 0 aromatic heterocycles. The van der Waals surface area contributed by atoms with Crippen LogP contribution in [-0.4, -0.2) is 46.9 Å². The minimum atomic E-state index is -0.796. The van der Waals surface area contributed by atoms with Crippen molar-refractivity contribution in [3.8, 4) is 0 Å². The topological polar surface area (TPSA) is 95.9 Å². The van der Waals surface area contributed by atoms with Crippen LogP contribution < -0.4 is 5.32 Å². The van der Waals surface area contributed by atoms with E-state index in [0.29, 0.717) is 19.3 Å². The van der Waals surface area contributed by atoms with E-state index in [1.807, 2.05) is 12.2 Å². The molecule has 0 aromatic rings. The van der Waals surface area contributed by atoms with Gasteiger partial charge in [-0.15, -0.1) is 0 Å². The average molecular weight is 800 g/mol. The number of amides is 1. The fourth-order valence-electron chi connectivity index (χ4n) is 7.25. The summed E-state index contributed by atoms with van der Waals surface area (Å²) in [6.07, 6.45) is 53.2. The minimum absolute atomic E-state index is 0.0514. The number of aliphatic hydroxyl groups is 2. The highest BCUT2D eigenvalue weighted by Gasteiger charge is 2.24. The predicted molar refractivity (Wildman–Crippen MR) is 245 cm³/mol. The molecular weight excluding hydrogens is 707 g/mol. The standard InChI is InChI=1S/C51H93NO5/c1-4-7-10-13-16-19-22-23-24-25-26-29-32-35-38-41-44-51(56)57-47(42-39-36-33-30-27-20-17-14-11-8-5-2)45-50(55)52-48(46-53)49(54)43-40-37-34-31-28-21-18-15-12-9-6-3/h8,11,14,17,20,24-25,27,47-49,53-54H,4-7,9-10,12-13,15-16,18-19,21-23,26,28-46H2,1-3H3,(H,52,55)/b11-8+,17-14+,25-24+,27-20-. The Bertz CT molecular complexity index is 988. The van der Waals surface area contributed by atoms with Gasteiger partial charge in [-0.25, -0.2) is 0 Å². The fourth-order valence-corrected chi connectivity index (χ4v) is 7.25. The lowest BCUT2D eigenvalue weighted by atomic mass is 10.0. The highest BCUT2D eigenvalue weighted by atomic mass is 16.5. The van der Waals surface area contributed by atoms with Crippen LogP contribution in [-0.2, 0) is 14.3 Å². The number of ether oxygens (including phenoxy) is 1. The molecule has 0 rings (SSSR count). The largest absolute Gasteiger partial charge is 0.462 e. The van der Waals surface area contributed by atoms with Gasteiger partial charge in [0.1, 0.15) is 6.10 Å². The summed E-state index contributed by atoms with van der Waals surface area (Å²) >= 11 is 0. The van der Waals surface area contributed by atoms with Crippen molar-refractivity contribution in [2.24, 2.45) is 0 Å². The molecule has 0 aliphatic carbocycles. The van der Waals surface area contributed by atoms with Gasteiger partial charge in [-0.05, 0) is 70.6 Å². The molecule has 0 heterocycles. The Morgan fingerprint density at radius 1 is 0.526 bits per heavy atom. The van der Waals surface area contributed by atoms with Gasteiger partial charge in [-0.2, -0.15) is 0 Å². The van der Waals surface area contributed by atoms with E-state index in [9.17, 15) is 19.8 Å². The predicted octanol–water partition coefficient (Wildman–Crippen LogP) is 14.3. The van der Waals surface area contributed by atoms with Crippen LogP contribution in [0.5, 0.6) is 0 Å². The SMILES string of the molecule is CC/C=C/C=C/C=C\CCCCCC(CC(=O)NC(CO)C(O)CCCCCCCCCCCCC)OC(=O)CCCCCCC/C=C/CCCCCCCCC. The zero-order valence-corrected chi connectivity index (χ0v) is 37.7. The van der Waals surface area contributed by atoms with Crippen LogP contribution in [0.2, 0.25) is 0 Å². The molecule has 3 N–H and O–H groups in total. The second-order valence-corrected chi connectivity index (χ2v) is 16.5. The Morgan fingerprint density at radius 3 is 1.49 bits per heavy atom. The summed E-state index contributed by atoms with van der Waals surface area (Å²) < 4.78 is 5.89. The van der Waals surface area contributed by atoms with E-state index in [4.69, 9.17) is 4.74 Å². The third-order valence-corrected chi connectivity index (χ3v) is 11.0. The van der Waals surface area contributed by atoms with Gasteiger partial charge in [0, 0.05) is 6.42 Å². The average Bonchev–Trinajstić information content (AvgIpc) is 3.20. The summed E-state index contributed by atoms with van der Waals surface area (Å²) in [5.74, 6) is -0.517. The lowest BCUT2D eigenvalue weighted by Crippen LogP contribution is -2.46. The van der Waals surface area contributed by atoms with Crippen LogP contribution in [0.1, 0.15) is 239 Å². The number of rotatable bonds is 43. The molecule has 0 aromatic carbocycles. The molecule has 0 saturated carbocycles.